The third-order valence-corrected chi connectivity index (χ3v) is 4.79. The van der Waals surface area contributed by atoms with Crippen molar-refractivity contribution in [2.75, 3.05) is 13.6 Å². The van der Waals surface area contributed by atoms with Gasteiger partial charge >= 0.3 is 0 Å². The monoisotopic (exact) mass is 340 g/mol. The molecular weight excluding hydrogens is 320 g/mol. The van der Waals surface area contributed by atoms with E-state index in [9.17, 15) is 9.59 Å². The molecule has 1 aliphatic carbocycles. The van der Waals surface area contributed by atoms with E-state index in [1.54, 1.807) is 36.2 Å². The highest BCUT2D eigenvalue weighted by molar-refractivity contribution is 5.99. The summed E-state index contributed by atoms with van der Waals surface area (Å²) in [5, 5.41) is 6.68. The molecule has 0 spiro atoms. The minimum Gasteiger partial charge on any atom is -0.355 e. The van der Waals surface area contributed by atoms with E-state index in [1.165, 1.54) is 0 Å². The molecule has 2 fully saturated rings. The summed E-state index contributed by atoms with van der Waals surface area (Å²) >= 11 is 0. The summed E-state index contributed by atoms with van der Waals surface area (Å²) in [5.41, 5.74) is 0.971. The number of amides is 2. The van der Waals surface area contributed by atoms with Gasteiger partial charge in [-0.05, 0) is 43.9 Å². The molecule has 1 saturated heterocycles. The molecule has 2 aromatic rings. The molecule has 25 heavy (non-hydrogen) atoms. The fourth-order valence-electron chi connectivity index (χ4n) is 3.26. The van der Waals surface area contributed by atoms with Gasteiger partial charge in [-0.15, -0.1) is 0 Å². The van der Waals surface area contributed by atoms with Crippen molar-refractivity contribution < 1.29 is 14.1 Å². The van der Waals surface area contributed by atoms with Gasteiger partial charge in [0.05, 0.1) is 6.04 Å². The second-order valence-electron chi connectivity index (χ2n) is 6.58. The zero-order chi connectivity index (χ0) is 17.4. The maximum atomic E-state index is 13.0. The summed E-state index contributed by atoms with van der Waals surface area (Å²) in [6, 6.07) is 6.62. The zero-order valence-corrected chi connectivity index (χ0v) is 14.1. The summed E-state index contributed by atoms with van der Waals surface area (Å²) in [4.78, 5) is 31.0. The number of hydrogen-bond acceptors (Lipinski definition) is 5. The standard InChI is InChI=1S/C18H20N4O3/c1-19-16(23)12-4-2-5-13(10-12)18(24)22-9-3-6-14(22)15-20-17(25-21-15)11-7-8-11/h2,4-5,10-11,14H,3,6-9H2,1H3,(H,19,23)/t14-/m0/s1. The minimum absolute atomic E-state index is 0.106. The van der Waals surface area contributed by atoms with Crippen molar-refractivity contribution in [2.24, 2.45) is 0 Å². The van der Waals surface area contributed by atoms with E-state index in [0.29, 0.717) is 35.3 Å². The molecule has 1 N–H and O–H groups in total. The van der Waals surface area contributed by atoms with Crippen LogP contribution in [-0.4, -0.2) is 40.4 Å². The van der Waals surface area contributed by atoms with Crippen LogP contribution < -0.4 is 5.32 Å². The normalized spacial score (nSPS) is 19.9. The first kappa shape index (κ1) is 15.8. The first-order valence-electron chi connectivity index (χ1n) is 8.64. The van der Waals surface area contributed by atoms with Crippen LogP contribution in [0.15, 0.2) is 28.8 Å². The van der Waals surface area contributed by atoms with E-state index >= 15 is 0 Å². The predicted molar refractivity (Wildman–Crippen MR) is 89.1 cm³/mol. The number of benzene rings is 1. The Bertz CT molecular complexity index is 812. The van der Waals surface area contributed by atoms with Crippen molar-refractivity contribution in [1.29, 1.82) is 0 Å². The van der Waals surface area contributed by atoms with Crippen molar-refractivity contribution in [3.63, 3.8) is 0 Å². The fraction of sp³-hybridized carbons (Fsp3) is 0.444. The molecule has 1 aromatic carbocycles. The lowest BCUT2D eigenvalue weighted by Gasteiger charge is -2.22. The summed E-state index contributed by atoms with van der Waals surface area (Å²) in [6.45, 7) is 0.654. The van der Waals surface area contributed by atoms with Gasteiger partial charge in [-0.25, -0.2) is 0 Å². The Morgan fingerprint density at radius 3 is 2.80 bits per heavy atom. The van der Waals surface area contributed by atoms with Crippen LogP contribution in [0.4, 0.5) is 0 Å². The van der Waals surface area contributed by atoms with Crippen LogP contribution in [0, 0.1) is 0 Å². The zero-order valence-electron chi connectivity index (χ0n) is 14.1. The molecule has 1 aliphatic heterocycles. The predicted octanol–water partition coefficient (Wildman–Crippen LogP) is 2.28. The van der Waals surface area contributed by atoms with Crippen LogP contribution in [0.25, 0.3) is 0 Å². The van der Waals surface area contributed by atoms with Crippen LogP contribution in [0.1, 0.15) is 70.1 Å². The molecular formula is C18H20N4O3. The van der Waals surface area contributed by atoms with Gasteiger partial charge in [0, 0.05) is 30.6 Å². The molecule has 2 heterocycles. The number of carbonyl (C=O) groups excluding carboxylic acids is 2. The lowest BCUT2D eigenvalue weighted by atomic mass is 10.1. The molecule has 0 unspecified atom stereocenters. The quantitative estimate of drug-likeness (QED) is 0.922. The van der Waals surface area contributed by atoms with Crippen LogP contribution in [0.2, 0.25) is 0 Å². The lowest BCUT2D eigenvalue weighted by molar-refractivity contribution is 0.0728. The van der Waals surface area contributed by atoms with Crippen molar-refractivity contribution in [3.05, 3.63) is 47.1 Å². The second-order valence-corrected chi connectivity index (χ2v) is 6.58. The Labute approximate surface area is 145 Å². The third-order valence-electron chi connectivity index (χ3n) is 4.79. The highest BCUT2D eigenvalue weighted by Gasteiger charge is 2.36. The number of likely N-dealkylation sites (tertiary alicyclic amines) is 1. The highest BCUT2D eigenvalue weighted by atomic mass is 16.5. The molecule has 0 bridgehead atoms. The average Bonchev–Trinajstić information content (AvgIpc) is 3.19. The van der Waals surface area contributed by atoms with Crippen LogP contribution >= 0.6 is 0 Å². The molecule has 1 saturated carbocycles. The van der Waals surface area contributed by atoms with E-state index in [-0.39, 0.29) is 17.9 Å². The summed E-state index contributed by atoms with van der Waals surface area (Å²) in [6.07, 6.45) is 3.92. The summed E-state index contributed by atoms with van der Waals surface area (Å²) in [7, 11) is 1.57. The van der Waals surface area contributed by atoms with Crippen molar-refractivity contribution >= 4 is 11.8 Å². The van der Waals surface area contributed by atoms with Crippen LogP contribution in [0.3, 0.4) is 0 Å². The maximum absolute atomic E-state index is 13.0. The second kappa shape index (κ2) is 6.31. The van der Waals surface area contributed by atoms with E-state index < -0.39 is 0 Å². The minimum atomic E-state index is -0.208. The molecule has 7 heteroatoms. The Morgan fingerprint density at radius 2 is 2.04 bits per heavy atom. The molecule has 7 nitrogen and oxygen atoms in total. The van der Waals surface area contributed by atoms with Crippen LogP contribution in [-0.2, 0) is 0 Å². The number of nitrogens with zero attached hydrogens (tertiary/aromatic N) is 3. The molecule has 2 amide bonds. The van der Waals surface area contributed by atoms with Gasteiger partial charge in [0.25, 0.3) is 11.8 Å². The molecule has 1 aromatic heterocycles. The summed E-state index contributed by atoms with van der Waals surface area (Å²) in [5.74, 6) is 1.37. The number of nitrogens with one attached hydrogen (secondary N) is 1. The fourth-order valence-corrected chi connectivity index (χ4v) is 3.26. The van der Waals surface area contributed by atoms with Gasteiger partial charge in [0.1, 0.15) is 0 Å². The van der Waals surface area contributed by atoms with Gasteiger partial charge < -0.3 is 14.7 Å². The topological polar surface area (TPSA) is 88.3 Å². The summed E-state index contributed by atoms with van der Waals surface area (Å²) < 4.78 is 5.35. The number of hydrogen-bond donors (Lipinski definition) is 1. The van der Waals surface area contributed by atoms with Crippen molar-refractivity contribution in [1.82, 2.24) is 20.4 Å². The van der Waals surface area contributed by atoms with Gasteiger partial charge in [-0.3, -0.25) is 9.59 Å². The van der Waals surface area contributed by atoms with Gasteiger partial charge in [0.2, 0.25) is 5.89 Å². The Kier molecular flexibility index (Phi) is 3.99. The average molecular weight is 340 g/mol. The van der Waals surface area contributed by atoms with Crippen molar-refractivity contribution in [2.45, 2.75) is 37.6 Å². The number of carbonyl (C=O) groups is 2. The SMILES string of the molecule is CNC(=O)c1cccc(C(=O)N2CCC[C@H]2c2noc(C3CC3)n2)c1. The van der Waals surface area contributed by atoms with Crippen LogP contribution in [0.5, 0.6) is 0 Å². The van der Waals surface area contributed by atoms with E-state index in [1.807, 2.05) is 0 Å². The third kappa shape index (κ3) is 3.01. The molecule has 4 rings (SSSR count). The van der Waals surface area contributed by atoms with E-state index in [4.69, 9.17) is 4.52 Å². The molecule has 130 valence electrons. The largest absolute Gasteiger partial charge is 0.355 e. The molecule has 1 atom stereocenters. The van der Waals surface area contributed by atoms with Gasteiger partial charge in [-0.1, -0.05) is 11.2 Å². The molecule has 0 radical (unpaired) electrons. The Morgan fingerprint density at radius 1 is 1.24 bits per heavy atom. The first-order chi connectivity index (χ1) is 12.2. The highest BCUT2D eigenvalue weighted by Crippen LogP contribution is 2.40. The van der Waals surface area contributed by atoms with E-state index in [0.717, 1.165) is 25.7 Å². The van der Waals surface area contributed by atoms with Gasteiger partial charge in [-0.2, -0.15) is 4.98 Å². The number of aromatic nitrogens is 2. The lowest BCUT2D eigenvalue weighted by Crippen LogP contribution is -2.31. The van der Waals surface area contributed by atoms with E-state index in [2.05, 4.69) is 15.5 Å². The maximum Gasteiger partial charge on any atom is 0.254 e. The van der Waals surface area contributed by atoms with Crippen molar-refractivity contribution in [3.8, 4) is 0 Å². The Balaban J connectivity index is 1.56. The molecule has 2 aliphatic rings. The smallest absolute Gasteiger partial charge is 0.254 e. The Hall–Kier alpha value is -2.70. The number of rotatable bonds is 4. The van der Waals surface area contributed by atoms with Gasteiger partial charge in [0.15, 0.2) is 5.82 Å². The first-order valence-corrected chi connectivity index (χ1v) is 8.64.